The molecular formula is C11H17ClN4O2. The SMILES string of the molecule is CCC(CC)C(C)Nc1ncnc(Cl)c1[N+](=O)[O-]. The molecule has 0 fully saturated rings. The third-order valence-corrected chi connectivity index (χ3v) is 3.36. The minimum atomic E-state index is -0.565. The second kappa shape index (κ2) is 6.49. The van der Waals surface area contributed by atoms with Crippen molar-refractivity contribution in [2.75, 3.05) is 5.32 Å². The normalized spacial score (nSPS) is 12.5. The van der Waals surface area contributed by atoms with Crippen LogP contribution >= 0.6 is 11.6 Å². The van der Waals surface area contributed by atoms with E-state index >= 15 is 0 Å². The zero-order valence-corrected chi connectivity index (χ0v) is 11.4. The maximum absolute atomic E-state index is 10.9. The number of nitro groups is 1. The summed E-state index contributed by atoms with van der Waals surface area (Å²) in [5.74, 6) is 0.609. The number of nitrogens with one attached hydrogen (secondary N) is 1. The summed E-state index contributed by atoms with van der Waals surface area (Å²) in [5, 5.41) is 13.8. The number of aromatic nitrogens is 2. The van der Waals surface area contributed by atoms with E-state index in [1.54, 1.807) is 0 Å². The number of rotatable bonds is 6. The zero-order chi connectivity index (χ0) is 13.7. The molecule has 0 saturated carbocycles. The third-order valence-electron chi connectivity index (χ3n) is 3.08. The van der Waals surface area contributed by atoms with Crippen LogP contribution in [0.4, 0.5) is 11.5 Å². The monoisotopic (exact) mass is 272 g/mol. The number of hydrogen-bond donors (Lipinski definition) is 1. The molecule has 7 heteroatoms. The van der Waals surface area contributed by atoms with Gasteiger partial charge in [-0.2, -0.15) is 0 Å². The van der Waals surface area contributed by atoms with Crippen molar-refractivity contribution < 1.29 is 4.92 Å². The van der Waals surface area contributed by atoms with Gasteiger partial charge in [0, 0.05) is 6.04 Å². The van der Waals surface area contributed by atoms with Crippen LogP contribution in [0, 0.1) is 16.0 Å². The van der Waals surface area contributed by atoms with Crippen LogP contribution in [0.3, 0.4) is 0 Å². The Morgan fingerprint density at radius 3 is 2.56 bits per heavy atom. The molecule has 0 radical (unpaired) electrons. The minimum Gasteiger partial charge on any atom is -0.361 e. The first-order valence-electron chi connectivity index (χ1n) is 5.92. The summed E-state index contributed by atoms with van der Waals surface area (Å²) in [6.45, 7) is 6.17. The molecule has 0 aliphatic heterocycles. The van der Waals surface area contributed by atoms with Crippen LogP contribution in [-0.4, -0.2) is 20.9 Å². The summed E-state index contributed by atoms with van der Waals surface area (Å²) in [5.41, 5.74) is -0.267. The maximum atomic E-state index is 10.9. The highest BCUT2D eigenvalue weighted by molar-refractivity contribution is 6.31. The smallest absolute Gasteiger partial charge is 0.348 e. The quantitative estimate of drug-likeness (QED) is 0.488. The molecule has 0 saturated heterocycles. The van der Waals surface area contributed by atoms with E-state index in [0.29, 0.717) is 5.92 Å². The lowest BCUT2D eigenvalue weighted by Crippen LogP contribution is -2.26. The van der Waals surface area contributed by atoms with Crippen LogP contribution in [0.1, 0.15) is 33.6 Å². The van der Waals surface area contributed by atoms with Gasteiger partial charge < -0.3 is 5.32 Å². The van der Waals surface area contributed by atoms with Gasteiger partial charge in [0.25, 0.3) is 0 Å². The first-order valence-corrected chi connectivity index (χ1v) is 6.30. The molecule has 1 aromatic heterocycles. The highest BCUT2D eigenvalue weighted by Crippen LogP contribution is 2.29. The summed E-state index contributed by atoms with van der Waals surface area (Å²) in [6, 6.07) is 0.0877. The van der Waals surface area contributed by atoms with Crippen molar-refractivity contribution >= 4 is 23.1 Å². The van der Waals surface area contributed by atoms with Gasteiger partial charge in [-0.1, -0.05) is 38.3 Å². The standard InChI is InChI=1S/C11H17ClN4O2/c1-4-8(5-2)7(3)15-11-9(16(17)18)10(12)13-6-14-11/h6-8H,4-5H2,1-3H3,(H,13,14,15). The van der Waals surface area contributed by atoms with E-state index in [1.807, 2.05) is 6.92 Å². The summed E-state index contributed by atoms with van der Waals surface area (Å²) < 4.78 is 0. The molecule has 18 heavy (non-hydrogen) atoms. The van der Waals surface area contributed by atoms with Crippen LogP contribution in [-0.2, 0) is 0 Å². The fourth-order valence-corrected chi connectivity index (χ4v) is 2.16. The predicted molar refractivity (Wildman–Crippen MR) is 70.9 cm³/mol. The summed E-state index contributed by atoms with van der Waals surface area (Å²) in [4.78, 5) is 17.9. The van der Waals surface area contributed by atoms with Gasteiger partial charge in [-0.05, 0) is 12.8 Å². The largest absolute Gasteiger partial charge is 0.361 e. The lowest BCUT2D eigenvalue weighted by Gasteiger charge is -2.22. The molecule has 1 atom stereocenters. The Balaban J connectivity index is 2.97. The van der Waals surface area contributed by atoms with E-state index in [-0.39, 0.29) is 22.7 Å². The molecule has 1 N–H and O–H groups in total. The first kappa shape index (κ1) is 14.6. The van der Waals surface area contributed by atoms with Crippen molar-refractivity contribution in [2.24, 2.45) is 5.92 Å². The molecule has 6 nitrogen and oxygen atoms in total. The number of anilines is 1. The predicted octanol–water partition coefficient (Wildman–Crippen LogP) is 3.27. The van der Waals surface area contributed by atoms with E-state index in [0.717, 1.165) is 12.8 Å². The molecular weight excluding hydrogens is 256 g/mol. The van der Waals surface area contributed by atoms with Crippen LogP contribution < -0.4 is 5.32 Å². The van der Waals surface area contributed by atoms with E-state index < -0.39 is 4.92 Å². The van der Waals surface area contributed by atoms with Crippen molar-refractivity contribution in [1.29, 1.82) is 0 Å². The molecule has 0 aromatic carbocycles. The Kier molecular flexibility index (Phi) is 5.27. The fraction of sp³-hybridized carbons (Fsp3) is 0.636. The lowest BCUT2D eigenvalue weighted by atomic mass is 9.95. The summed E-state index contributed by atoms with van der Waals surface area (Å²) in [6.07, 6.45) is 3.21. The highest BCUT2D eigenvalue weighted by atomic mass is 35.5. The van der Waals surface area contributed by atoms with Crippen molar-refractivity contribution in [1.82, 2.24) is 9.97 Å². The molecule has 0 aliphatic carbocycles. The molecule has 0 bridgehead atoms. The maximum Gasteiger partial charge on any atom is 0.348 e. The molecule has 100 valence electrons. The number of nitrogens with zero attached hydrogens (tertiary/aromatic N) is 3. The topological polar surface area (TPSA) is 81.0 Å². The molecule has 1 unspecified atom stereocenters. The summed E-state index contributed by atoms with van der Waals surface area (Å²) >= 11 is 5.72. The molecule has 0 aliphatic rings. The van der Waals surface area contributed by atoms with Crippen LogP contribution in [0.25, 0.3) is 0 Å². The summed E-state index contributed by atoms with van der Waals surface area (Å²) in [7, 11) is 0. The molecule has 0 spiro atoms. The lowest BCUT2D eigenvalue weighted by molar-refractivity contribution is -0.384. The fourth-order valence-electron chi connectivity index (χ4n) is 1.95. The molecule has 0 amide bonds. The Hall–Kier alpha value is -1.43. The van der Waals surface area contributed by atoms with Crippen molar-refractivity contribution in [2.45, 2.75) is 39.7 Å². The van der Waals surface area contributed by atoms with Gasteiger partial charge in [-0.25, -0.2) is 9.97 Å². The molecule has 1 heterocycles. The average Bonchev–Trinajstić information content (AvgIpc) is 2.30. The van der Waals surface area contributed by atoms with Gasteiger partial charge in [0.1, 0.15) is 6.33 Å². The Labute approximate surface area is 111 Å². The highest BCUT2D eigenvalue weighted by Gasteiger charge is 2.24. The Bertz CT molecular complexity index is 424. The third kappa shape index (κ3) is 3.29. The first-order chi connectivity index (χ1) is 8.51. The second-order valence-electron chi connectivity index (χ2n) is 4.13. The van der Waals surface area contributed by atoms with E-state index in [9.17, 15) is 10.1 Å². The van der Waals surface area contributed by atoms with Gasteiger partial charge >= 0.3 is 5.69 Å². The Morgan fingerprint density at radius 2 is 2.06 bits per heavy atom. The van der Waals surface area contributed by atoms with E-state index in [1.165, 1.54) is 6.33 Å². The van der Waals surface area contributed by atoms with Crippen molar-refractivity contribution in [3.05, 3.63) is 21.6 Å². The van der Waals surface area contributed by atoms with Crippen LogP contribution in [0.15, 0.2) is 6.33 Å². The molecule has 1 aromatic rings. The van der Waals surface area contributed by atoms with Gasteiger partial charge in [0.05, 0.1) is 4.92 Å². The van der Waals surface area contributed by atoms with E-state index in [4.69, 9.17) is 11.6 Å². The van der Waals surface area contributed by atoms with Gasteiger partial charge in [-0.15, -0.1) is 0 Å². The van der Waals surface area contributed by atoms with Crippen LogP contribution in [0.2, 0.25) is 5.15 Å². The minimum absolute atomic E-state index is 0.0877. The number of halogens is 1. The van der Waals surface area contributed by atoms with E-state index in [2.05, 4.69) is 29.1 Å². The zero-order valence-electron chi connectivity index (χ0n) is 10.7. The van der Waals surface area contributed by atoms with Crippen molar-refractivity contribution in [3.63, 3.8) is 0 Å². The van der Waals surface area contributed by atoms with Crippen molar-refractivity contribution in [3.8, 4) is 0 Å². The van der Waals surface area contributed by atoms with Gasteiger partial charge in [0.15, 0.2) is 0 Å². The second-order valence-corrected chi connectivity index (χ2v) is 4.49. The average molecular weight is 273 g/mol. The molecule has 1 rings (SSSR count). The Morgan fingerprint density at radius 1 is 1.44 bits per heavy atom. The van der Waals surface area contributed by atoms with Crippen LogP contribution in [0.5, 0.6) is 0 Å². The number of hydrogen-bond acceptors (Lipinski definition) is 5. The van der Waals surface area contributed by atoms with Gasteiger partial charge in [0.2, 0.25) is 11.0 Å². The van der Waals surface area contributed by atoms with Gasteiger partial charge in [-0.3, -0.25) is 10.1 Å².